The molecule has 0 aliphatic heterocycles. The summed E-state index contributed by atoms with van der Waals surface area (Å²) in [5, 5.41) is 17.1. The fraction of sp³-hybridized carbons (Fsp3) is 0.293. The predicted molar refractivity (Wildman–Crippen MR) is 220 cm³/mol. The highest BCUT2D eigenvalue weighted by atomic mass is 35.5. The number of carbonyl (C=O) groups is 2. The standard InChI is InChI=1S/C41H43Cl3N6O5/c1-8-40(3,4)25-17-18-32(28(20-25)41(5,6)9-2)55-23-34(51)45-27-14-12-13-24(19-27)38(52)46-37-35(48-47-31-15-10-11-16-33(31)54-7)39(53)50(49-37)36-29(43)21-26(42)22-30(36)44/h10-22,49H,8-9,23H2,1-7H3,(H,45,51)(H,46,52). The van der Waals surface area contributed by atoms with Gasteiger partial charge in [0.2, 0.25) is 0 Å². The molecule has 5 rings (SSSR count). The van der Waals surface area contributed by atoms with Crippen molar-refractivity contribution in [3.05, 3.63) is 121 Å². The zero-order chi connectivity index (χ0) is 40.1. The molecule has 0 fully saturated rings. The van der Waals surface area contributed by atoms with Crippen LogP contribution in [0.15, 0.2) is 93.9 Å². The second-order valence-corrected chi connectivity index (χ2v) is 15.4. The molecule has 0 aliphatic rings. The van der Waals surface area contributed by atoms with Crippen LogP contribution in [0.4, 0.5) is 22.9 Å². The van der Waals surface area contributed by atoms with Gasteiger partial charge in [-0.25, -0.2) is 4.68 Å². The molecule has 1 aromatic heterocycles. The summed E-state index contributed by atoms with van der Waals surface area (Å²) in [6, 6.07) is 22.2. The molecule has 288 valence electrons. The lowest BCUT2D eigenvalue weighted by Gasteiger charge is -2.30. The molecular weight excluding hydrogens is 763 g/mol. The van der Waals surface area contributed by atoms with E-state index in [1.165, 1.54) is 30.9 Å². The van der Waals surface area contributed by atoms with Gasteiger partial charge in [0.1, 0.15) is 22.9 Å². The summed E-state index contributed by atoms with van der Waals surface area (Å²) in [6.45, 7) is 12.8. The number of rotatable bonds is 14. The number of carbonyl (C=O) groups excluding carboxylic acids is 2. The van der Waals surface area contributed by atoms with Gasteiger partial charge in [0, 0.05) is 21.8 Å². The third-order valence-electron chi connectivity index (χ3n) is 9.68. The third kappa shape index (κ3) is 9.41. The molecule has 14 heteroatoms. The Kier molecular flexibility index (Phi) is 12.8. The molecule has 4 aromatic carbocycles. The molecule has 0 radical (unpaired) electrons. The number of halogens is 3. The zero-order valence-corrected chi connectivity index (χ0v) is 33.9. The number of amides is 2. The lowest BCUT2D eigenvalue weighted by molar-refractivity contribution is -0.118. The fourth-order valence-electron chi connectivity index (χ4n) is 5.59. The summed E-state index contributed by atoms with van der Waals surface area (Å²) in [5.41, 5.74) is 2.05. The molecule has 0 atom stereocenters. The van der Waals surface area contributed by atoms with Crippen LogP contribution in [0.1, 0.15) is 75.9 Å². The Bertz CT molecular complexity index is 2290. The number of H-pyrrole nitrogens is 1. The average Bonchev–Trinajstić information content (AvgIpc) is 3.45. The van der Waals surface area contributed by atoms with Gasteiger partial charge in [0.05, 0.1) is 17.2 Å². The highest BCUT2D eigenvalue weighted by Gasteiger charge is 2.27. The molecule has 2 amide bonds. The van der Waals surface area contributed by atoms with Crippen molar-refractivity contribution in [3.8, 4) is 17.2 Å². The van der Waals surface area contributed by atoms with Gasteiger partial charge in [-0.15, -0.1) is 10.2 Å². The quantitative estimate of drug-likeness (QED) is 0.0959. The maximum absolute atomic E-state index is 13.8. The van der Waals surface area contributed by atoms with E-state index in [0.717, 1.165) is 23.1 Å². The van der Waals surface area contributed by atoms with Crippen LogP contribution < -0.4 is 25.7 Å². The molecule has 0 aliphatic carbocycles. The summed E-state index contributed by atoms with van der Waals surface area (Å²) in [4.78, 5) is 40.6. The molecule has 5 aromatic rings. The Balaban J connectivity index is 1.38. The van der Waals surface area contributed by atoms with Crippen molar-refractivity contribution in [1.29, 1.82) is 0 Å². The lowest BCUT2D eigenvalue weighted by atomic mass is 9.76. The van der Waals surface area contributed by atoms with Gasteiger partial charge in [-0.3, -0.25) is 19.5 Å². The number of ether oxygens (including phenoxy) is 2. The number of nitrogens with one attached hydrogen (secondary N) is 3. The van der Waals surface area contributed by atoms with E-state index < -0.39 is 17.4 Å². The molecule has 0 unspecified atom stereocenters. The number of nitrogens with zero attached hydrogens (tertiary/aromatic N) is 3. The number of aromatic amines is 1. The van der Waals surface area contributed by atoms with Crippen molar-refractivity contribution < 1.29 is 19.1 Å². The molecule has 11 nitrogen and oxygen atoms in total. The molecular formula is C41H43Cl3N6O5. The summed E-state index contributed by atoms with van der Waals surface area (Å²) < 4.78 is 12.5. The first-order chi connectivity index (χ1) is 26.1. The van der Waals surface area contributed by atoms with E-state index in [0.29, 0.717) is 22.9 Å². The SMILES string of the molecule is CCC(C)(C)c1ccc(OCC(=O)Nc2cccc(C(=O)Nc3[nH]n(-c4c(Cl)cc(Cl)cc4Cl)c(=O)c3N=Nc3ccccc3OC)c2)c(C(C)(C)CC)c1. The maximum atomic E-state index is 13.8. The normalized spacial score (nSPS) is 11.8. The van der Waals surface area contributed by atoms with E-state index in [9.17, 15) is 14.4 Å². The predicted octanol–water partition coefficient (Wildman–Crippen LogP) is 11.2. The third-order valence-corrected chi connectivity index (χ3v) is 10.5. The van der Waals surface area contributed by atoms with Gasteiger partial charge in [-0.05, 0) is 77.8 Å². The summed E-state index contributed by atoms with van der Waals surface area (Å²) in [5.74, 6) is -0.0681. The number of hydrogen-bond acceptors (Lipinski definition) is 7. The van der Waals surface area contributed by atoms with E-state index in [-0.39, 0.29) is 55.3 Å². The van der Waals surface area contributed by atoms with Crippen molar-refractivity contribution in [2.24, 2.45) is 10.2 Å². The minimum absolute atomic E-state index is 0.00876. The van der Waals surface area contributed by atoms with Crippen molar-refractivity contribution in [2.75, 3.05) is 24.4 Å². The largest absolute Gasteiger partial charge is 0.494 e. The van der Waals surface area contributed by atoms with Gasteiger partial charge in [-0.2, -0.15) is 0 Å². The van der Waals surface area contributed by atoms with Crippen LogP contribution in [-0.2, 0) is 15.6 Å². The monoisotopic (exact) mass is 804 g/mol. The Morgan fingerprint density at radius 2 is 1.51 bits per heavy atom. The van der Waals surface area contributed by atoms with Gasteiger partial charge >= 0.3 is 5.56 Å². The number of anilines is 2. The Morgan fingerprint density at radius 1 is 0.818 bits per heavy atom. The van der Waals surface area contributed by atoms with Gasteiger partial charge in [0.15, 0.2) is 18.1 Å². The van der Waals surface area contributed by atoms with E-state index in [1.54, 1.807) is 42.5 Å². The lowest BCUT2D eigenvalue weighted by Crippen LogP contribution is -2.24. The van der Waals surface area contributed by atoms with E-state index in [4.69, 9.17) is 44.3 Å². The smallest absolute Gasteiger partial charge is 0.301 e. The first-order valence-corrected chi connectivity index (χ1v) is 18.8. The van der Waals surface area contributed by atoms with Crippen molar-refractivity contribution in [2.45, 2.75) is 65.2 Å². The van der Waals surface area contributed by atoms with E-state index in [1.807, 2.05) is 6.07 Å². The average molecular weight is 806 g/mol. The second kappa shape index (κ2) is 17.1. The van der Waals surface area contributed by atoms with E-state index in [2.05, 4.69) is 79.6 Å². The van der Waals surface area contributed by atoms with Crippen LogP contribution in [0.25, 0.3) is 5.69 Å². The fourth-order valence-corrected chi connectivity index (χ4v) is 6.58. The number of para-hydroxylation sites is 1. The Morgan fingerprint density at radius 3 is 2.18 bits per heavy atom. The van der Waals surface area contributed by atoms with Crippen LogP contribution in [-0.4, -0.2) is 35.3 Å². The number of azo groups is 1. The summed E-state index contributed by atoms with van der Waals surface area (Å²) >= 11 is 19.0. The molecule has 3 N–H and O–H groups in total. The zero-order valence-electron chi connectivity index (χ0n) is 31.6. The Hall–Kier alpha value is -5.10. The first kappa shape index (κ1) is 41.1. The number of hydrogen-bond donors (Lipinski definition) is 3. The topological polar surface area (TPSA) is 139 Å². The minimum Gasteiger partial charge on any atom is -0.494 e. The van der Waals surface area contributed by atoms with E-state index >= 15 is 0 Å². The number of aromatic nitrogens is 2. The summed E-state index contributed by atoms with van der Waals surface area (Å²) in [6.07, 6.45) is 1.86. The number of benzene rings is 4. The Labute approximate surface area is 335 Å². The highest BCUT2D eigenvalue weighted by molar-refractivity contribution is 6.40. The molecule has 0 saturated heterocycles. The molecule has 55 heavy (non-hydrogen) atoms. The molecule has 0 bridgehead atoms. The van der Waals surface area contributed by atoms with Gasteiger partial charge < -0.3 is 20.1 Å². The first-order valence-electron chi connectivity index (χ1n) is 17.6. The summed E-state index contributed by atoms with van der Waals surface area (Å²) in [7, 11) is 1.48. The maximum Gasteiger partial charge on any atom is 0.301 e. The minimum atomic E-state index is -0.713. The second-order valence-electron chi connectivity index (χ2n) is 14.1. The van der Waals surface area contributed by atoms with Gasteiger partial charge in [-0.1, -0.05) is 107 Å². The molecule has 1 heterocycles. The van der Waals surface area contributed by atoms with Crippen LogP contribution in [0.3, 0.4) is 0 Å². The number of methoxy groups -OCH3 is 1. The van der Waals surface area contributed by atoms with Crippen LogP contribution in [0, 0.1) is 0 Å². The van der Waals surface area contributed by atoms with Crippen molar-refractivity contribution in [3.63, 3.8) is 0 Å². The van der Waals surface area contributed by atoms with Crippen LogP contribution in [0.5, 0.6) is 11.5 Å². The van der Waals surface area contributed by atoms with Crippen LogP contribution in [0.2, 0.25) is 15.1 Å². The van der Waals surface area contributed by atoms with Gasteiger partial charge in [0.25, 0.3) is 11.8 Å². The molecule has 0 saturated carbocycles. The van der Waals surface area contributed by atoms with Crippen molar-refractivity contribution >= 4 is 69.5 Å². The highest BCUT2D eigenvalue weighted by Crippen LogP contribution is 2.39. The molecule has 0 spiro atoms. The van der Waals surface area contributed by atoms with Crippen molar-refractivity contribution in [1.82, 2.24) is 9.78 Å². The van der Waals surface area contributed by atoms with Crippen LogP contribution >= 0.6 is 34.8 Å².